The number of amides is 3. The van der Waals surface area contributed by atoms with Crippen LogP contribution in [0.2, 0.25) is 0 Å². The molecule has 0 radical (unpaired) electrons. The molecule has 2 aromatic carbocycles. The first-order chi connectivity index (χ1) is 16.5. The van der Waals surface area contributed by atoms with Gasteiger partial charge < -0.3 is 4.90 Å². The van der Waals surface area contributed by atoms with Gasteiger partial charge in [0.2, 0.25) is 0 Å². The molecule has 0 saturated carbocycles. The average molecular weight is 466 g/mol. The van der Waals surface area contributed by atoms with Crippen LogP contribution < -0.4 is 4.90 Å². The molecule has 2 aliphatic heterocycles. The summed E-state index contributed by atoms with van der Waals surface area (Å²) in [5, 5.41) is 19.6. The molecule has 3 amide bonds. The van der Waals surface area contributed by atoms with Gasteiger partial charge in [0.1, 0.15) is 5.25 Å². The van der Waals surface area contributed by atoms with Crippen LogP contribution in [-0.4, -0.2) is 39.7 Å². The summed E-state index contributed by atoms with van der Waals surface area (Å²) in [7, 11) is 0. The van der Waals surface area contributed by atoms with Gasteiger partial charge in [-0.2, -0.15) is 10.5 Å². The van der Waals surface area contributed by atoms with Gasteiger partial charge in [0.15, 0.2) is 0 Å². The van der Waals surface area contributed by atoms with Gasteiger partial charge in [0.05, 0.1) is 42.0 Å². The number of aromatic nitrogens is 1. The summed E-state index contributed by atoms with van der Waals surface area (Å²) in [6.45, 7) is 2.16. The number of aryl methyl sites for hydroxylation is 1. The monoisotopic (exact) mass is 465 g/mol. The summed E-state index contributed by atoms with van der Waals surface area (Å²) in [4.78, 5) is 35.3. The number of benzene rings is 2. The van der Waals surface area contributed by atoms with Crippen molar-refractivity contribution in [1.29, 1.82) is 10.5 Å². The first-order valence-corrected chi connectivity index (χ1v) is 11.7. The Labute approximate surface area is 200 Å². The molecule has 5 rings (SSSR count). The molecule has 3 aromatic rings. The standard InChI is InChI=1S/C26H19N5O2S/c1-16-7-8-17(13-28)11-20(16)23-12-21-24(34-23)25(32)31(26(33)30(21)10-4-9-27)22-15-29-14-18-5-2-3-6-19(18)22/h2-3,5-8,11-12,14-15,21,24H,4,10H2,1H3. The minimum Gasteiger partial charge on any atom is -0.315 e. The number of carbonyl (C=O) groups is 2. The third-order valence-electron chi connectivity index (χ3n) is 6.13. The molecule has 166 valence electrons. The van der Waals surface area contributed by atoms with E-state index in [9.17, 15) is 20.1 Å². The lowest BCUT2D eigenvalue weighted by Gasteiger charge is -2.41. The van der Waals surface area contributed by atoms with Crippen LogP contribution in [0.4, 0.5) is 10.5 Å². The summed E-state index contributed by atoms with van der Waals surface area (Å²) in [6.07, 6.45) is 5.31. The van der Waals surface area contributed by atoms with E-state index in [1.54, 1.807) is 17.2 Å². The van der Waals surface area contributed by atoms with E-state index in [-0.39, 0.29) is 18.9 Å². The Morgan fingerprint density at radius 2 is 1.94 bits per heavy atom. The quantitative estimate of drug-likeness (QED) is 0.557. The third-order valence-corrected chi connectivity index (χ3v) is 7.48. The highest BCUT2D eigenvalue weighted by molar-refractivity contribution is 8.09. The van der Waals surface area contributed by atoms with Gasteiger partial charge in [-0.1, -0.05) is 30.3 Å². The Balaban J connectivity index is 1.59. The van der Waals surface area contributed by atoms with Gasteiger partial charge in [-0.15, -0.1) is 11.8 Å². The van der Waals surface area contributed by atoms with Crippen molar-refractivity contribution < 1.29 is 9.59 Å². The van der Waals surface area contributed by atoms with E-state index < -0.39 is 17.3 Å². The van der Waals surface area contributed by atoms with Crippen LogP contribution in [0.25, 0.3) is 15.7 Å². The molecule has 2 aliphatic rings. The molecule has 1 fully saturated rings. The van der Waals surface area contributed by atoms with Gasteiger partial charge in [-0.05, 0) is 36.3 Å². The van der Waals surface area contributed by atoms with Crippen molar-refractivity contribution in [3.8, 4) is 12.1 Å². The zero-order valence-electron chi connectivity index (χ0n) is 18.3. The highest BCUT2D eigenvalue weighted by Gasteiger charge is 2.50. The molecular weight excluding hydrogens is 446 g/mol. The fourth-order valence-corrected chi connectivity index (χ4v) is 5.85. The fourth-order valence-electron chi connectivity index (χ4n) is 4.44. The summed E-state index contributed by atoms with van der Waals surface area (Å²) in [5.41, 5.74) is 2.82. The van der Waals surface area contributed by atoms with E-state index in [2.05, 4.69) is 17.1 Å². The van der Waals surface area contributed by atoms with Gasteiger partial charge in [-0.3, -0.25) is 9.78 Å². The average Bonchev–Trinajstić information content (AvgIpc) is 3.30. The summed E-state index contributed by atoms with van der Waals surface area (Å²) in [6, 6.07) is 16.3. The molecule has 0 spiro atoms. The van der Waals surface area contributed by atoms with E-state index in [0.29, 0.717) is 11.3 Å². The maximum atomic E-state index is 13.7. The van der Waals surface area contributed by atoms with Gasteiger partial charge in [0, 0.05) is 28.4 Å². The molecular formula is C26H19N5O2S. The van der Waals surface area contributed by atoms with Gasteiger partial charge in [0.25, 0.3) is 5.91 Å². The lowest BCUT2D eigenvalue weighted by molar-refractivity contribution is -0.119. The zero-order chi connectivity index (χ0) is 23.8. The normalized spacial score (nSPS) is 19.6. The first-order valence-electron chi connectivity index (χ1n) is 10.8. The predicted octanol–water partition coefficient (Wildman–Crippen LogP) is 4.62. The second-order valence-electron chi connectivity index (χ2n) is 8.14. The number of hydrogen-bond acceptors (Lipinski definition) is 6. The minimum atomic E-state index is -0.560. The molecule has 8 heteroatoms. The second kappa shape index (κ2) is 8.66. The van der Waals surface area contributed by atoms with Crippen LogP contribution in [-0.2, 0) is 4.79 Å². The number of hydrogen-bond donors (Lipinski definition) is 0. The number of carbonyl (C=O) groups excluding carboxylic acids is 2. The number of thioether (sulfide) groups is 1. The summed E-state index contributed by atoms with van der Waals surface area (Å²) < 4.78 is 0. The van der Waals surface area contributed by atoms with Crippen molar-refractivity contribution in [1.82, 2.24) is 9.88 Å². The van der Waals surface area contributed by atoms with E-state index >= 15 is 0 Å². The summed E-state index contributed by atoms with van der Waals surface area (Å²) >= 11 is 1.40. The molecule has 34 heavy (non-hydrogen) atoms. The maximum absolute atomic E-state index is 13.7. The number of anilines is 1. The van der Waals surface area contributed by atoms with Crippen LogP contribution in [0.3, 0.4) is 0 Å². The predicted molar refractivity (Wildman–Crippen MR) is 131 cm³/mol. The van der Waals surface area contributed by atoms with E-state index in [4.69, 9.17) is 0 Å². The van der Waals surface area contributed by atoms with Crippen molar-refractivity contribution >= 4 is 45.1 Å². The molecule has 0 aliphatic carbocycles. The fraction of sp³-hybridized carbons (Fsp3) is 0.192. The number of rotatable bonds is 4. The van der Waals surface area contributed by atoms with Crippen LogP contribution in [0.1, 0.15) is 23.1 Å². The molecule has 1 saturated heterocycles. The van der Waals surface area contributed by atoms with Gasteiger partial charge in [-0.25, -0.2) is 9.69 Å². The molecule has 3 heterocycles. The Morgan fingerprint density at radius 3 is 2.74 bits per heavy atom. The van der Waals surface area contributed by atoms with Crippen molar-refractivity contribution in [2.45, 2.75) is 24.6 Å². The highest BCUT2D eigenvalue weighted by Crippen LogP contribution is 2.46. The Bertz CT molecular complexity index is 1450. The Kier molecular flexibility index (Phi) is 5.53. The van der Waals surface area contributed by atoms with Gasteiger partial charge >= 0.3 is 6.03 Å². The number of nitrogens with zero attached hydrogens (tertiary/aromatic N) is 5. The van der Waals surface area contributed by atoms with Crippen molar-refractivity contribution in [2.24, 2.45) is 0 Å². The molecule has 1 aromatic heterocycles. The number of pyridine rings is 1. The Hall–Kier alpha value is -4.14. The minimum absolute atomic E-state index is 0.154. The topological polar surface area (TPSA) is 101 Å². The highest BCUT2D eigenvalue weighted by atomic mass is 32.2. The lowest BCUT2D eigenvalue weighted by atomic mass is 10.0. The third kappa shape index (κ3) is 3.49. The van der Waals surface area contributed by atoms with Crippen molar-refractivity contribution in [2.75, 3.05) is 11.4 Å². The van der Waals surface area contributed by atoms with Crippen molar-refractivity contribution in [3.63, 3.8) is 0 Å². The van der Waals surface area contributed by atoms with E-state index in [1.807, 2.05) is 49.4 Å². The molecule has 0 N–H and O–H groups in total. The first kappa shape index (κ1) is 21.7. The van der Waals surface area contributed by atoms with E-state index in [1.165, 1.54) is 22.9 Å². The molecule has 7 nitrogen and oxygen atoms in total. The van der Waals surface area contributed by atoms with E-state index in [0.717, 1.165) is 26.8 Å². The van der Waals surface area contributed by atoms with Crippen LogP contribution in [0.5, 0.6) is 0 Å². The molecule has 2 atom stereocenters. The largest absolute Gasteiger partial charge is 0.332 e. The molecule has 0 bridgehead atoms. The zero-order valence-corrected chi connectivity index (χ0v) is 19.1. The maximum Gasteiger partial charge on any atom is 0.332 e. The van der Waals surface area contributed by atoms with Crippen molar-refractivity contribution in [3.05, 3.63) is 77.6 Å². The lowest BCUT2D eigenvalue weighted by Crippen LogP contribution is -2.62. The Morgan fingerprint density at radius 1 is 1.12 bits per heavy atom. The number of imide groups is 1. The number of urea groups is 1. The smallest absolute Gasteiger partial charge is 0.315 e. The number of nitriles is 2. The van der Waals surface area contributed by atoms with Crippen LogP contribution in [0.15, 0.2) is 60.9 Å². The SMILES string of the molecule is Cc1ccc(C#N)cc1C1=CC2C(S1)C(=O)N(c1cncc3ccccc13)C(=O)N2CCC#N. The van der Waals surface area contributed by atoms with Crippen LogP contribution >= 0.6 is 11.8 Å². The summed E-state index contributed by atoms with van der Waals surface area (Å²) in [5.74, 6) is -0.313. The second-order valence-corrected chi connectivity index (χ2v) is 9.32. The number of fused-ring (bicyclic) bond motifs is 2. The van der Waals surface area contributed by atoms with Crippen LogP contribution in [0, 0.1) is 29.6 Å². The molecule has 2 unspecified atom stereocenters.